The number of carbonyl (C=O) groups excluding carboxylic acids is 1. The molecule has 0 aliphatic heterocycles. The molecule has 0 bridgehead atoms. The van der Waals surface area contributed by atoms with Gasteiger partial charge in [-0.3, -0.25) is 4.79 Å². The summed E-state index contributed by atoms with van der Waals surface area (Å²) >= 11 is 0. The summed E-state index contributed by atoms with van der Waals surface area (Å²) in [7, 11) is 1.93. The Morgan fingerprint density at radius 2 is 1.43 bits per heavy atom. The Bertz CT molecular complexity index is 523. The molecule has 0 saturated heterocycles. The fourth-order valence-electron chi connectivity index (χ4n) is 2.98. The minimum Gasteiger partial charge on any atom is -0.320 e. The summed E-state index contributed by atoms with van der Waals surface area (Å²) < 4.78 is 0. The van der Waals surface area contributed by atoms with Crippen molar-refractivity contribution in [3.05, 3.63) is 71.8 Å². The predicted octanol–water partition coefficient (Wildman–Crippen LogP) is 3.56. The van der Waals surface area contributed by atoms with Crippen molar-refractivity contribution in [3.63, 3.8) is 0 Å². The zero-order valence-corrected chi connectivity index (χ0v) is 12.8. The van der Waals surface area contributed by atoms with Gasteiger partial charge in [-0.1, -0.05) is 67.6 Å². The van der Waals surface area contributed by atoms with Crippen molar-refractivity contribution in [1.82, 2.24) is 5.32 Å². The Balaban J connectivity index is 2.62. The zero-order valence-electron chi connectivity index (χ0n) is 12.8. The minimum atomic E-state index is -0.555. The molecule has 2 nitrogen and oxygen atoms in total. The number of Topliss-reactive ketones (excluding diaryl/α,β-unsaturated/α-hetero) is 1. The van der Waals surface area contributed by atoms with Crippen molar-refractivity contribution >= 4 is 5.78 Å². The molecule has 2 aromatic rings. The summed E-state index contributed by atoms with van der Waals surface area (Å²) in [5, 5.41) is 3.19. The fourth-order valence-corrected chi connectivity index (χ4v) is 2.98. The molecule has 0 radical (unpaired) electrons. The molecule has 2 aromatic carbocycles. The van der Waals surface area contributed by atoms with E-state index in [0.29, 0.717) is 6.42 Å². The van der Waals surface area contributed by atoms with Gasteiger partial charge in [-0.2, -0.15) is 0 Å². The van der Waals surface area contributed by atoms with Crippen molar-refractivity contribution in [3.8, 4) is 0 Å². The average molecular weight is 281 g/mol. The Kier molecular flexibility index (Phi) is 5.29. The van der Waals surface area contributed by atoms with E-state index in [1.807, 2.05) is 50.4 Å². The smallest absolute Gasteiger partial charge is 0.147 e. The van der Waals surface area contributed by atoms with Gasteiger partial charge in [0.15, 0.2) is 0 Å². The van der Waals surface area contributed by atoms with Crippen LogP contribution in [-0.2, 0) is 10.2 Å². The summed E-state index contributed by atoms with van der Waals surface area (Å²) in [6, 6.07) is 20.3. The van der Waals surface area contributed by atoms with E-state index in [1.54, 1.807) is 0 Å². The first kappa shape index (κ1) is 15.5. The molecule has 1 N–H and O–H groups in total. The lowest BCUT2D eigenvalue weighted by molar-refractivity contribution is -0.123. The minimum absolute atomic E-state index is 0.273. The number of benzene rings is 2. The third-order valence-corrected chi connectivity index (χ3v) is 4.08. The van der Waals surface area contributed by atoms with Gasteiger partial charge in [0.1, 0.15) is 5.78 Å². The molecule has 110 valence electrons. The van der Waals surface area contributed by atoms with Crippen LogP contribution in [0.1, 0.15) is 30.9 Å². The number of ketones is 1. The lowest BCUT2D eigenvalue weighted by Crippen LogP contribution is -2.39. The van der Waals surface area contributed by atoms with Crippen molar-refractivity contribution in [1.29, 1.82) is 0 Å². The second kappa shape index (κ2) is 7.19. The van der Waals surface area contributed by atoms with Gasteiger partial charge in [-0.05, 0) is 31.1 Å². The maximum absolute atomic E-state index is 12.9. The van der Waals surface area contributed by atoms with Crippen LogP contribution >= 0.6 is 0 Å². The van der Waals surface area contributed by atoms with Gasteiger partial charge in [-0.25, -0.2) is 0 Å². The predicted molar refractivity (Wildman–Crippen MR) is 87.5 cm³/mol. The van der Waals surface area contributed by atoms with Crippen LogP contribution in [0.4, 0.5) is 0 Å². The average Bonchev–Trinajstić information content (AvgIpc) is 2.57. The lowest BCUT2D eigenvalue weighted by Gasteiger charge is -2.33. The Hall–Kier alpha value is -1.93. The zero-order chi connectivity index (χ0) is 15.1. The van der Waals surface area contributed by atoms with E-state index in [0.717, 1.165) is 24.1 Å². The molecule has 0 aromatic heterocycles. The number of hydrogen-bond acceptors (Lipinski definition) is 2. The SMILES string of the molecule is CCC(=O)C(CCNC)(c1ccccc1)c1ccccc1. The van der Waals surface area contributed by atoms with Crippen molar-refractivity contribution in [2.24, 2.45) is 0 Å². The van der Waals surface area contributed by atoms with Crippen molar-refractivity contribution in [2.75, 3.05) is 13.6 Å². The molecule has 21 heavy (non-hydrogen) atoms. The highest BCUT2D eigenvalue weighted by molar-refractivity contribution is 5.93. The van der Waals surface area contributed by atoms with Crippen LogP contribution in [0.15, 0.2) is 60.7 Å². The Morgan fingerprint density at radius 3 is 1.81 bits per heavy atom. The maximum atomic E-state index is 12.9. The highest BCUT2D eigenvalue weighted by atomic mass is 16.1. The molecule has 0 amide bonds. The van der Waals surface area contributed by atoms with Gasteiger partial charge < -0.3 is 5.32 Å². The van der Waals surface area contributed by atoms with E-state index in [-0.39, 0.29) is 5.78 Å². The summed E-state index contributed by atoms with van der Waals surface area (Å²) in [4.78, 5) is 12.9. The quantitative estimate of drug-likeness (QED) is 0.840. The van der Waals surface area contributed by atoms with Gasteiger partial charge in [-0.15, -0.1) is 0 Å². The second-order valence-electron chi connectivity index (χ2n) is 5.27. The molecule has 2 heteroatoms. The molecule has 0 aliphatic carbocycles. The second-order valence-corrected chi connectivity index (χ2v) is 5.27. The topological polar surface area (TPSA) is 29.1 Å². The first-order chi connectivity index (χ1) is 10.3. The first-order valence-electron chi connectivity index (χ1n) is 7.54. The normalized spacial score (nSPS) is 11.3. The monoisotopic (exact) mass is 281 g/mol. The number of rotatable bonds is 7. The van der Waals surface area contributed by atoms with E-state index in [2.05, 4.69) is 29.6 Å². The third kappa shape index (κ3) is 3.06. The lowest BCUT2D eigenvalue weighted by atomic mass is 9.68. The first-order valence-corrected chi connectivity index (χ1v) is 7.54. The molecule has 0 atom stereocenters. The summed E-state index contributed by atoms with van der Waals surface area (Å²) in [6.45, 7) is 2.75. The van der Waals surface area contributed by atoms with Gasteiger partial charge in [0.25, 0.3) is 0 Å². The van der Waals surface area contributed by atoms with Crippen LogP contribution < -0.4 is 5.32 Å². The summed E-state index contributed by atoms with van der Waals surface area (Å²) in [5.74, 6) is 0.273. The maximum Gasteiger partial charge on any atom is 0.147 e. The molecule has 0 aliphatic rings. The molecular formula is C19H23NO. The largest absolute Gasteiger partial charge is 0.320 e. The molecule has 0 unspecified atom stereocenters. The van der Waals surface area contributed by atoms with Gasteiger partial charge in [0.2, 0.25) is 0 Å². The summed E-state index contributed by atoms with van der Waals surface area (Å²) in [5.41, 5.74) is 1.61. The van der Waals surface area contributed by atoms with Crippen LogP contribution in [0.25, 0.3) is 0 Å². The van der Waals surface area contributed by atoms with Crippen LogP contribution in [0.5, 0.6) is 0 Å². The van der Waals surface area contributed by atoms with E-state index >= 15 is 0 Å². The van der Waals surface area contributed by atoms with Crippen molar-refractivity contribution in [2.45, 2.75) is 25.2 Å². The van der Waals surface area contributed by atoms with Crippen LogP contribution in [0, 0.1) is 0 Å². The number of hydrogen-bond donors (Lipinski definition) is 1. The van der Waals surface area contributed by atoms with Crippen LogP contribution in [0.2, 0.25) is 0 Å². The third-order valence-electron chi connectivity index (χ3n) is 4.08. The molecule has 0 saturated carbocycles. The molecule has 0 heterocycles. The van der Waals surface area contributed by atoms with Crippen molar-refractivity contribution < 1.29 is 4.79 Å². The number of nitrogens with one attached hydrogen (secondary N) is 1. The summed E-state index contributed by atoms with van der Waals surface area (Å²) in [6.07, 6.45) is 1.30. The highest BCUT2D eigenvalue weighted by Crippen LogP contribution is 2.37. The van der Waals surface area contributed by atoms with E-state index < -0.39 is 5.41 Å². The Morgan fingerprint density at radius 1 is 0.952 bits per heavy atom. The molecule has 0 fully saturated rings. The van der Waals surface area contributed by atoms with Gasteiger partial charge >= 0.3 is 0 Å². The fraction of sp³-hybridized carbons (Fsp3) is 0.316. The highest BCUT2D eigenvalue weighted by Gasteiger charge is 2.39. The molecular weight excluding hydrogens is 258 g/mol. The molecule has 2 rings (SSSR count). The van der Waals surface area contributed by atoms with Gasteiger partial charge in [0, 0.05) is 6.42 Å². The van der Waals surface area contributed by atoms with Crippen LogP contribution in [-0.4, -0.2) is 19.4 Å². The van der Waals surface area contributed by atoms with Crippen LogP contribution in [0.3, 0.4) is 0 Å². The van der Waals surface area contributed by atoms with Gasteiger partial charge in [0.05, 0.1) is 5.41 Å². The van der Waals surface area contributed by atoms with E-state index in [9.17, 15) is 4.79 Å². The standard InChI is InChI=1S/C19H23NO/c1-3-18(21)19(14-15-20-2,16-10-6-4-7-11-16)17-12-8-5-9-13-17/h4-13,20H,3,14-15H2,1-2H3. The molecule has 0 spiro atoms. The van der Waals surface area contributed by atoms with E-state index in [4.69, 9.17) is 0 Å². The van der Waals surface area contributed by atoms with E-state index in [1.165, 1.54) is 0 Å². The Labute approximate surface area is 127 Å². The number of carbonyl (C=O) groups is 1.